The fourth-order valence-electron chi connectivity index (χ4n) is 5.08. The summed E-state index contributed by atoms with van der Waals surface area (Å²) in [6, 6.07) is 10.6. The van der Waals surface area contributed by atoms with Crippen molar-refractivity contribution < 1.29 is 14.5 Å². The van der Waals surface area contributed by atoms with E-state index in [2.05, 4.69) is 44.2 Å². The van der Waals surface area contributed by atoms with Crippen LogP contribution in [0.2, 0.25) is 0 Å². The van der Waals surface area contributed by atoms with Crippen molar-refractivity contribution in [1.82, 2.24) is 0 Å². The van der Waals surface area contributed by atoms with Gasteiger partial charge in [-0.2, -0.15) is 0 Å². The van der Waals surface area contributed by atoms with E-state index in [1.54, 1.807) is 7.11 Å². The number of benzene rings is 1. The molecule has 0 bridgehead atoms. The highest BCUT2D eigenvalue weighted by Crippen LogP contribution is 2.38. The molecule has 0 saturated heterocycles. The van der Waals surface area contributed by atoms with Crippen LogP contribution >= 0.6 is 0 Å². The van der Waals surface area contributed by atoms with E-state index < -0.39 is 11.4 Å². The van der Waals surface area contributed by atoms with E-state index in [1.807, 2.05) is 0 Å². The van der Waals surface area contributed by atoms with Crippen LogP contribution < -0.4 is 0 Å². The molecule has 0 amide bonds. The topological polar surface area (TPSA) is 27.7 Å². The van der Waals surface area contributed by atoms with E-state index in [0.717, 1.165) is 38.5 Å². The molecule has 0 radical (unpaired) electrons. The van der Waals surface area contributed by atoms with Crippen molar-refractivity contribution in [2.24, 2.45) is 0 Å². The van der Waals surface area contributed by atoms with Gasteiger partial charge >= 0.3 is 0 Å². The first-order valence-electron chi connectivity index (χ1n) is 14.1. The van der Waals surface area contributed by atoms with Crippen LogP contribution in [0.1, 0.15) is 141 Å². The average Bonchev–Trinajstić information content (AvgIpc) is 2.87. The van der Waals surface area contributed by atoms with Crippen LogP contribution in [0.15, 0.2) is 30.3 Å². The zero-order valence-electron chi connectivity index (χ0n) is 22.0. The van der Waals surface area contributed by atoms with Crippen LogP contribution in [0.4, 0.5) is 0 Å². The first kappa shape index (κ1) is 28.3. The van der Waals surface area contributed by atoms with E-state index in [-0.39, 0.29) is 0 Å². The van der Waals surface area contributed by atoms with Crippen LogP contribution in [0.5, 0.6) is 0 Å². The number of hydrogen-bond acceptors (Lipinski definition) is 3. The summed E-state index contributed by atoms with van der Waals surface area (Å²) >= 11 is 0. The molecule has 3 nitrogen and oxygen atoms in total. The van der Waals surface area contributed by atoms with E-state index in [0.29, 0.717) is 0 Å². The van der Waals surface area contributed by atoms with Gasteiger partial charge < -0.3 is 4.74 Å². The van der Waals surface area contributed by atoms with Gasteiger partial charge in [0.1, 0.15) is 5.60 Å². The molecule has 190 valence electrons. The van der Waals surface area contributed by atoms with Gasteiger partial charge in [-0.15, -0.1) is 0 Å². The molecule has 1 aliphatic carbocycles. The zero-order chi connectivity index (χ0) is 23.7. The van der Waals surface area contributed by atoms with Crippen molar-refractivity contribution in [3.63, 3.8) is 0 Å². The predicted molar refractivity (Wildman–Crippen MR) is 139 cm³/mol. The Hall–Kier alpha value is -0.900. The Kier molecular flexibility index (Phi) is 14.3. The average molecular weight is 461 g/mol. The van der Waals surface area contributed by atoms with Crippen LogP contribution in [0, 0.1) is 0 Å². The summed E-state index contributed by atoms with van der Waals surface area (Å²) < 4.78 is 5.79. The highest BCUT2D eigenvalue weighted by molar-refractivity contribution is 5.21. The number of methoxy groups -OCH3 is 1. The van der Waals surface area contributed by atoms with Gasteiger partial charge in [-0.3, -0.25) is 0 Å². The molecule has 1 aromatic rings. The predicted octanol–water partition coefficient (Wildman–Crippen LogP) is 9.64. The molecule has 0 spiro atoms. The number of ether oxygens (including phenoxy) is 1. The van der Waals surface area contributed by atoms with Crippen molar-refractivity contribution in [2.75, 3.05) is 7.11 Å². The normalized spacial score (nSPS) is 17.7. The minimum atomic E-state index is -0.579. The quantitative estimate of drug-likeness (QED) is 0.0890. The van der Waals surface area contributed by atoms with Gasteiger partial charge in [0.25, 0.3) is 0 Å². The molecule has 1 saturated carbocycles. The minimum absolute atomic E-state index is 0.442. The molecule has 0 heterocycles. The lowest BCUT2D eigenvalue weighted by atomic mass is 9.90. The first-order chi connectivity index (χ1) is 16.1. The second-order valence-electron chi connectivity index (χ2n) is 10.4. The van der Waals surface area contributed by atoms with Gasteiger partial charge in [0.15, 0.2) is 0 Å². The fourth-order valence-corrected chi connectivity index (χ4v) is 5.08. The lowest BCUT2D eigenvalue weighted by Crippen LogP contribution is -2.40. The Morgan fingerprint density at radius 3 is 1.76 bits per heavy atom. The van der Waals surface area contributed by atoms with Crippen molar-refractivity contribution in [3.8, 4) is 0 Å². The Labute approximate surface area is 204 Å². The molecule has 1 aromatic carbocycles. The lowest BCUT2D eigenvalue weighted by Gasteiger charge is -2.38. The molecule has 1 unspecified atom stereocenters. The summed E-state index contributed by atoms with van der Waals surface area (Å²) in [5.41, 5.74) is 0.744. The van der Waals surface area contributed by atoms with Gasteiger partial charge in [-0.05, 0) is 31.7 Å². The molecule has 0 aliphatic heterocycles. The summed E-state index contributed by atoms with van der Waals surface area (Å²) in [5, 5.41) is 0. The summed E-state index contributed by atoms with van der Waals surface area (Å²) in [6.45, 7) is 4.46. The molecule has 1 atom stereocenters. The second-order valence-corrected chi connectivity index (χ2v) is 10.4. The fraction of sp³-hybridized carbons (Fsp3) is 0.800. The summed E-state index contributed by atoms with van der Waals surface area (Å²) in [6.07, 6.45) is 24.1. The maximum atomic E-state index is 6.23. The summed E-state index contributed by atoms with van der Waals surface area (Å²) in [5.74, 6) is -0.579. The molecular formula is C30H52O3. The standard InChI is InChI=1S/C30H52O3/c1-4-5-6-7-8-9-10-11-12-13-14-15-20-25-29(2,28-23-18-16-19-24-28)32-33-30(31-3)26-21-17-22-27-30/h16,18-19,23-24H,4-15,17,20-22,25-27H2,1-3H3. The lowest BCUT2D eigenvalue weighted by molar-refractivity contribution is -0.470. The number of unbranched alkanes of at least 4 members (excludes halogenated alkanes) is 12. The maximum Gasteiger partial charge on any atom is 0.201 e. The Bertz CT molecular complexity index is 581. The van der Waals surface area contributed by atoms with Crippen LogP contribution in [-0.4, -0.2) is 12.9 Å². The van der Waals surface area contributed by atoms with Gasteiger partial charge in [0, 0.05) is 20.0 Å². The van der Waals surface area contributed by atoms with Crippen LogP contribution in [0.3, 0.4) is 0 Å². The molecule has 33 heavy (non-hydrogen) atoms. The number of rotatable bonds is 19. The van der Waals surface area contributed by atoms with Gasteiger partial charge in [-0.1, -0.05) is 127 Å². The van der Waals surface area contributed by atoms with Crippen LogP contribution in [-0.2, 0) is 20.1 Å². The highest BCUT2D eigenvalue weighted by atomic mass is 17.2. The smallest absolute Gasteiger partial charge is 0.201 e. The van der Waals surface area contributed by atoms with Gasteiger partial charge in [0.05, 0.1) is 0 Å². The molecule has 1 fully saturated rings. The molecule has 0 N–H and O–H groups in total. The van der Waals surface area contributed by atoms with E-state index >= 15 is 0 Å². The highest BCUT2D eigenvalue weighted by Gasteiger charge is 2.38. The Balaban J connectivity index is 1.67. The third-order valence-corrected chi connectivity index (χ3v) is 7.51. The molecule has 0 aromatic heterocycles. The summed E-state index contributed by atoms with van der Waals surface area (Å²) in [4.78, 5) is 12.3. The Morgan fingerprint density at radius 2 is 1.24 bits per heavy atom. The third kappa shape index (κ3) is 10.9. The number of hydrogen-bond donors (Lipinski definition) is 0. The first-order valence-corrected chi connectivity index (χ1v) is 14.1. The maximum absolute atomic E-state index is 6.23. The minimum Gasteiger partial charge on any atom is -0.351 e. The van der Waals surface area contributed by atoms with Crippen molar-refractivity contribution in [2.45, 2.75) is 147 Å². The van der Waals surface area contributed by atoms with Crippen molar-refractivity contribution >= 4 is 0 Å². The second kappa shape index (κ2) is 16.7. The van der Waals surface area contributed by atoms with E-state index in [4.69, 9.17) is 14.5 Å². The largest absolute Gasteiger partial charge is 0.351 e. The third-order valence-electron chi connectivity index (χ3n) is 7.51. The Morgan fingerprint density at radius 1 is 0.727 bits per heavy atom. The van der Waals surface area contributed by atoms with Crippen LogP contribution in [0.25, 0.3) is 0 Å². The molecule has 1 aliphatic rings. The molecule has 2 rings (SSSR count). The van der Waals surface area contributed by atoms with Crippen molar-refractivity contribution in [1.29, 1.82) is 0 Å². The summed E-state index contributed by atoms with van der Waals surface area (Å²) in [7, 11) is 1.75. The SMILES string of the molecule is CCCCCCCCCCCCCCCC(C)(OOC1(OC)CCCCC1)c1ccccc1. The molecule has 3 heteroatoms. The van der Waals surface area contributed by atoms with Gasteiger partial charge in [0.2, 0.25) is 5.79 Å². The monoisotopic (exact) mass is 460 g/mol. The van der Waals surface area contributed by atoms with Crippen molar-refractivity contribution in [3.05, 3.63) is 35.9 Å². The van der Waals surface area contributed by atoms with Gasteiger partial charge in [-0.25, -0.2) is 9.78 Å². The van der Waals surface area contributed by atoms with E-state index in [1.165, 1.54) is 89.0 Å². The molecular weight excluding hydrogens is 408 g/mol. The zero-order valence-corrected chi connectivity index (χ0v) is 22.0. The van der Waals surface area contributed by atoms with E-state index in [9.17, 15) is 0 Å².